The minimum Gasteiger partial charge on any atom is -0.328 e. The normalized spacial score (nSPS) is 16.1. The number of carbonyl (C=O) groups excluding carboxylic acids is 1. The van der Waals surface area contributed by atoms with Gasteiger partial charge < -0.3 is 10.6 Å². The van der Waals surface area contributed by atoms with Crippen LogP contribution in [0.2, 0.25) is 0 Å². The fourth-order valence-electron chi connectivity index (χ4n) is 3.37. The highest BCUT2D eigenvalue weighted by Crippen LogP contribution is 2.39. The quantitative estimate of drug-likeness (QED) is 0.716. The van der Waals surface area contributed by atoms with Crippen molar-refractivity contribution in [3.8, 4) is 0 Å². The zero-order valence-electron chi connectivity index (χ0n) is 15.7. The molecule has 2 aromatic heterocycles. The Balaban J connectivity index is 1.78. The van der Waals surface area contributed by atoms with Gasteiger partial charge in [-0.05, 0) is 61.9 Å². The fraction of sp³-hybridized carbons (Fsp3) is 0.250. The number of thiophene rings is 1. The summed E-state index contributed by atoms with van der Waals surface area (Å²) in [5.74, 6) is 0.515. The number of benzene rings is 1. The smallest absolute Gasteiger partial charge is 0.255 e. The molecule has 3 heterocycles. The molecule has 1 aliphatic heterocycles. The van der Waals surface area contributed by atoms with Crippen molar-refractivity contribution in [2.45, 2.75) is 33.7 Å². The van der Waals surface area contributed by atoms with E-state index in [0.717, 1.165) is 33.0 Å². The summed E-state index contributed by atoms with van der Waals surface area (Å²) in [4.78, 5) is 18.7. The van der Waals surface area contributed by atoms with E-state index in [2.05, 4.69) is 33.7 Å². The number of amides is 1. The van der Waals surface area contributed by atoms with Crippen molar-refractivity contribution in [3.63, 3.8) is 0 Å². The molecule has 0 saturated heterocycles. The molecular weight excluding hydrogens is 358 g/mol. The highest BCUT2D eigenvalue weighted by molar-refractivity contribution is 7.10. The zero-order valence-corrected chi connectivity index (χ0v) is 16.5. The van der Waals surface area contributed by atoms with Gasteiger partial charge in [0.15, 0.2) is 0 Å². The Labute approximate surface area is 161 Å². The van der Waals surface area contributed by atoms with Crippen LogP contribution in [0.1, 0.15) is 34.5 Å². The van der Waals surface area contributed by atoms with Gasteiger partial charge in [-0.15, -0.1) is 11.3 Å². The van der Waals surface area contributed by atoms with Gasteiger partial charge in [0.25, 0.3) is 5.91 Å². The van der Waals surface area contributed by atoms with Crippen molar-refractivity contribution in [3.05, 3.63) is 68.8 Å². The SMILES string of the molecule is CC1=C(C(=O)Nc2cccc(C)c2C)C(c2sccc2C)n2ncnc2N1. The molecule has 4 rings (SSSR count). The Hall–Kier alpha value is -2.93. The molecule has 0 bridgehead atoms. The lowest BCUT2D eigenvalue weighted by atomic mass is 9.98. The summed E-state index contributed by atoms with van der Waals surface area (Å²) >= 11 is 1.63. The van der Waals surface area contributed by atoms with Gasteiger partial charge in [0.1, 0.15) is 12.4 Å². The van der Waals surface area contributed by atoms with Crippen molar-refractivity contribution in [1.82, 2.24) is 14.8 Å². The van der Waals surface area contributed by atoms with E-state index in [1.165, 1.54) is 6.33 Å². The maximum Gasteiger partial charge on any atom is 0.255 e. The van der Waals surface area contributed by atoms with Crippen molar-refractivity contribution >= 4 is 28.9 Å². The van der Waals surface area contributed by atoms with E-state index >= 15 is 0 Å². The Kier molecular flexibility index (Phi) is 4.31. The van der Waals surface area contributed by atoms with Gasteiger partial charge in [0.2, 0.25) is 5.95 Å². The largest absolute Gasteiger partial charge is 0.328 e. The molecule has 7 heteroatoms. The van der Waals surface area contributed by atoms with E-state index < -0.39 is 0 Å². The second-order valence-electron chi connectivity index (χ2n) is 6.76. The molecule has 2 N–H and O–H groups in total. The predicted octanol–water partition coefficient (Wildman–Crippen LogP) is 4.19. The minimum atomic E-state index is -0.297. The lowest BCUT2D eigenvalue weighted by Gasteiger charge is -2.28. The van der Waals surface area contributed by atoms with Crippen molar-refractivity contribution in [2.24, 2.45) is 0 Å². The molecule has 0 spiro atoms. The van der Waals surface area contributed by atoms with Gasteiger partial charge in [-0.1, -0.05) is 12.1 Å². The Bertz CT molecular complexity index is 1060. The fourth-order valence-corrected chi connectivity index (χ4v) is 4.39. The maximum absolute atomic E-state index is 13.3. The van der Waals surface area contributed by atoms with Gasteiger partial charge in [-0.25, -0.2) is 4.68 Å². The Morgan fingerprint density at radius 3 is 2.74 bits per heavy atom. The average Bonchev–Trinajstić information content (AvgIpc) is 3.26. The number of rotatable bonds is 3. The summed E-state index contributed by atoms with van der Waals surface area (Å²) in [5.41, 5.74) is 5.61. The molecule has 3 aromatic rings. The minimum absolute atomic E-state index is 0.132. The standard InChI is InChI=1S/C20H21N5OS/c1-11-6-5-7-15(13(11)3)24-19(26)16-14(4)23-20-21-10-22-25(20)17(16)18-12(2)8-9-27-18/h5-10,17H,1-4H3,(H,24,26)(H,21,22,23). The number of fused-ring (bicyclic) bond motifs is 1. The number of anilines is 2. The molecule has 138 valence electrons. The third kappa shape index (κ3) is 2.94. The van der Waals surface area contributed by atoms with Crippen molar-refractivity contribution in [2.75, 3.05) is 10.6 Å². The first-order chi connectivity index (χ1) is 13.0. The lowest BCUT2D eigenvalue weighted by Crippen LogP contribution is -2.31. The third-order valence-corrected chi connectivity index (χ3v) is 6.11. The molecule has 1 atom stereocenters. The van der Waals surface area contributed by atoms with Gasteiger partial charge >= 0.3 is 0 Å². The third-order valence-electron chi connectivity index (χ3n) is 5.04. The van der Waals surface area contributed by atoms with Crippen LogP contribution in [0.4, 0.5) is 11.6 Å². The summed E-state index contributed by atoms with van der Waals surface area (Å²) in [6, 6.07) is 7.69. The van der Waals surface area contributed by atoms with Crippen LogP contribution in [0.3, 0.4) is 0 Å². The summed E-state index contributed by atoms with van der Waals surface area (Å²) in [6.07, 6.45) is 1.51. The molecular formula is C20H21N5OS. The summed E-state index contributed by atoms with van der Waals surface area (Å²) < 4.78 is 1.78. The van der Waals surface area contributed by atoms with Crippen molar-refractivity contribution < 1.29 is 4.79 Å². The molecule has 1 unspecified atom stereocenters. The van der Waals surface area contributed by atoms with Gasteiger partial charge in [-0.3, -0.25) is 4.79 Å². The van der Waals surface area contributed by atoms with E-state index in [1.807, 2.05) is 44.4 Å². The number of nitrogens with zero attached hydrogens (tertiary/aromatic N) is 3. The van der Waals surface area contributed by atoms with Gasteiger partial charge in [0.05, 0.1) is 5.57 Å². The van der Waals surface area contributed by atoms with Crippen LogP contribution in [-0.4, -0.2) is 20.7 Å². The zero-order chi connectivity index (χ0) is 19.1. The highest BCUT2D eigenvalue weighted by atomic mass is 32.1. The first-order valence-corrected chi connectivity index (χ1v) is 9.64. The highest BCUT2D eigenvalue weighted by Gasteiger charge is 2.35. The molecule has 0 aliphatic carbocycles. The molecule has 1 amide bonds. The van der Waals surface area contributed by atoms with Gasteiger partial charge in [0, 0.05) is 16.3 Å². The van der Waals surface area contributed by atoms with E-state index in [-0.39, 0.29) is 11.9 Å². The van der Waals surface area contributed by atoms with Crippen molar-refractivity contribution in [1.29, 1.82) is 0 Å². The first kappa shape index (κ1) is 17.5. The molecule has 1 aromatic carbocycles. The van der Waals surface area contributed by atoms with E-state index in [1.54, 1.807) is 16.0 Å². The lowest BCUT2D eigenvalue weighted by molar-refractivity contribution is -0.113. The Morgan fingerprint density at radius 1 is 1.19 bits per heavy atom. The molecule has 27 heavy (non-hydrogen) atoms. The monoisotopic (exact) mass is 379 g/mol. The summed E-state index contributed by atoms with van der Waals surface area (Å²) in [6.45, 7) is 8.02. The Morgan fingerprint density at radius 2 is 2.00 bits per heavy atom. The second kappa shape index (κ2) is 6.66. The molecule has 0 radical (unpaired) electrons. The predicted molar refractivity (Wildman–Crippen MR) is 108 cm³/mol. The number of nitrogens with one attached hydrogen (secondary N) is 2. The first-order valence-electron chi connectivity index (χ1n) is 8.76. The summed E-state index contributed by atoms with van der Waals surface area (Å²) in [5, 5.41) is 12.7. The van der Waals surface area contributed by atoms with Crippen LogP contribution in [-0.2, 0) is 4.79 Å². The van der Waals surface area contributed by atoms with Crippen LogP contribution in [0.5, 0.6) is 0 Å². The molecule has 0 saturated carbocycles. The van der Waals surface area contributed by atoms with E-state index in [9.17, 15) is 4.79 Å². The van der Waals surface area contributed by atoms with Crippen LogP contribution >= 0.6 is 11.3 Å². The topological polar surface area (TPSA) is 71.8 Å². The molecule has 0 fully saturated rings. The van der Waals surface area contributed by atoms with Crippen LogP contribution in [0, 0.1) is 20.8 Å². The van der Waals surface area contributed by atoms with Crippen LogP contribution in [0.25, 0.3) is 0 Å². The van der Waals surface area contributed by atoms with E-state index in [4.69, 9.17) is 0 Å². The number of carbonyl (C=O) groups is 1. The van der Waals surface area contributed by atoms with E-state index in [0.29, 0.717) is 11.5 Å². The van der Waals surface area contributed by atoms with Crippen LogP contribution < -0.4 is 10.6 Å². The second-order valence-corrected chi connectivity index (χ2v) is 7.71. The number of aromatic nitrogens is 3. The number of hydrogen-bond acceptors (Lipinski definition) is 5. The maximum atomic E-state index is 13.3. The molecule has 6 nitrogen and oxygen atoms in total. The molecule has 1 aliphatic rings. The number of aryl methyl sites for hydroxylation is 2. The van der Waals surface area contributed by atoms with Gasteiger partial charge in [-0.2, -0.15) is 10.1 Å². The summed E-state index contributed by atoms with van der Waals surface area (Å²) in [7, 11) is 0. The average molecular weight is 379 g/mol. The van der Waals surface area contributed by atoms with Crippen LogP contribution in [0.15, 0.2) is 47.2 Å². The number of allylic oxidation sites excluding steroid dienone is 1. The number of hydrogen-bond donors (Lipinski definition) is 2.